The molecule has 19 heavy (non-hydrogen) atoms. The van der Waals surface area contributed by atoms with Crippen LogP contribution < -0.4 is 15.5 Å². The summed E-state index contributed by atoms with van der Waals surface area (Å²) in [6, 6.07) is 4.06. The first-order chi connectivity index (χ1) is 9.15. The van der Waals surface area contributed by atoms with Gasteiger partial charge in [-0.2, -0.15) is 0 Å². The maximum Gasteiger partial charge on any atom is 0.315 e. The van der Waals surface area contributed by atoms with Crippen LogP contribution in [0, 0.1) is 0 Å². The summed E-state index contributed by atoms with van der Waals surface area (Å²) < 4.78 is 0. The smallest absolute Gasteiger partial charge is 0.315 e. The van der Waals surface area contributed by atoms with Crippen LogP contribution in [0.15, 0.2) is 18.3 Å². The number of aromatic nitrogens is 1. The van der Waals surface area contributed by atoms with Crippen LogP contribution in [0.3, 0.4) is 0 Å². The van der Waals surface area contributed by atoms with Gasteiger partial charge in [-0.1, -0.05) is 6.07 Å². The number of rotatable bonds is 4. The Bertz CT molecular complexity index is 410. The Kier molecular flexibility index (Phi) is 4.60. The lowest BCUT2D eigenvalue weighted by atomic mass is 10.3. The maximum atomic E-state index is 11.5. The van der Waals surface area contributed by atoms with Gasteiger partial charge in [-0.05, 0) is 38.3 Å². The Balaban J connectivity index is 1.83. The van der Waals surface area contributed by atoms with Crippen molar-refractivity contribution in [1.82, 2.24) is 15.6 Å². The minimum Gasteiger partial charge on any atom is -0.357 e. The summed E-state index contributed by atoms with van der Waals surface area (Å²) >= 11 is 0. The number of amides is 2. The lowest BCUT2D eigenvalue weighted by molar-refractivity contribution is 0.238. The molecular weight excluding hydrogens is 240 g/mol. The topological polar surface area (TPSA) is 57.3 Å². The number of pyridine rings is 1. The van der Waals surface area contributed by atoms with Gasteiger partial charge in [0.15, 0.2) is 0 Å². The molecule has 1 aliphatic heterocycles. The third kappa shape index (κ3) is 4.12. The molecule has 0 aliphatic carbocycles. The Labute approximate surface area is 114 Å². The van der Waals surface area contributed by atoms with Gasteiger partial charge in [0.1, 0.15) is 5.82 Å². The Hall–Kier alpha value is -1.78. The Morgan fingerprint density at radius 3 is 2.68 bits per heavy atom. The third-order valence-electron chi connectivity index (χ3n) is 3.11. The molecule has 1 aromatic heterocycles. The summed E-state index contributed by atoms with van der Waals surface area (Å²) in [6.07, 6.45) is 4.34. The Morgan fingerprint density at radius 2 is 2.11 bits per heavy atom. The highest BCUT2D eigenvalue weighted by Gasteiger charge is 2.12. The van der Waals surface area contributed by atoms with Crippen LogP contribution in [0.25, 0.3) is 0 Å². The number of carbonyl (C=O) groups excluding carboxylic acids is 1. The van der Waals surface area contributed by atoms with Crippen molar-refractivity contribution in [2.75, 3.05) is 18.0 Å². The van der Waals surface area contributed by atoms with Crippen LogP contribution in [0.1, 0.15) is 32.3 Å². The molecule has 2 rings (SSSR count). The van der Waals surface area contributed by atoms with Gasteiger partial charge in [0.2, 0.25) is 0 Å². The van der Waals surface area contributed by atoms with Gasteiger partial charge < -0.3 is 15.5 Å². The van der Waals surface area contributed by atoms with E-state index < -0.39 is 0 Å². The van der Waals surface area contributed by atoms with Crippen molar-refractivity contribution in [3.8, 4) is 0 Å². The highest BCUT2D eigenvalue weighted by Crippen LogP contribution is 2.17. The summed E-state index contributed by atoms with van der Waals surface area (Å²) in [5, 5.41) is 5.61. The third-order valence-corrected chi connectivity index (χ3v) is 3.11. The van der Waals surface area contributed by atoms with E-state index in [1.54, 1.807) is 0 Å². The number of carbonyl (C=O) groups is 1. The lowest BCUT2D eigenvalue weighted by Crippen LogP contribution is -2.39. The van der Waals surface area contributed by atoms with E-state index in [1.807, 2.05) is 32.2 Å². The molecule has 1 fully saturated rings. The van der Waals surface area contributed by atoms with Gasteiger partial charge in [-0.25, -0.2) is 9.78 Å². The molecule has 5 nitrogen and oxygen atoms in total. The van der Waals surface area contributed by atoms with Crippen LogP contribution in [0.4, 0.5) is 10.6 Å². The fourth-order valence-electron chi connectivity index (χ4n) is 2.15. The van der Waals surface area contributed by atoms with Crippen LogP contribution in [-0.4, -0.2) is 30.1 Å². The van der Waals surface area contributed by atoms with Gasteiger partial charge >= 0.3 is 6.03 Å². The fourth-order valence-corrected chi connectivity index (χ4v) is 2.15. The van der Waals surface area contributed by atoms with Crippen molar-refractivity contribution in [3.05, 3.63) is 23.9 Å². The summed E-state index contributed by atoms with van der Waals surface area (Å²) in [7, 11) is 0. The van der Waals surface area contributed by atoms with Crippen LogP contribution in [0.5, 0.6) is 0 Å². The monoisotopic (exact) mass is 262 g/mol. The van der Waals surface area contributed by atoms with Gasteiger partial charge in [0.05, 0.1) is 0 Å². The Morgan fingerprint density at radius 1 is 1.37 bits per heavy atom. The molecule has 1 saturated heterocycles. The van der Waals surface area contributed by atoms with E-state index in [1.165, 1.54) is 12.8 Å². The zero-order chi connectivity index (χ0) is 13.7. The molecule has 0 atom stereocenters. The zero-order valence-electron chi connectivity index (χ0n) is 11.6. The maximum absolute atomic E-state index is 11.5. The van der Waals surface area contributed by atoms with Crippen molar-refractivity contribution in [2.24, 2.45) is 0 Å². The fraction of sp³-hybridized carbons (Fsp3) is 0.571. The molecule has 0 spiro atoms. The second-order valence-electron chi connectivity index (χ2n) is 5.20. The van der Waals surface area contributed by atoms with Gasteiger partial charge in [-0.3, -0.25) is 0 Å². The van der Waals surface area contributed by atoms with Crippen LogP contribution in [0.2, 0.25) is 0 Å². The van der Waals surface area contributed by atoms with E-state index in [-0.39, 0.29) is 12.1 Å². The van der Waals surface area contributed by atoms with Crippen molar-refractivity contribution < 1.29 is 4.79 Å². The highest BCUT2D eigenvalue weighted by molar-refractivity contribution is 5.74. The van der Waals surface area contributed by atoms with Crippen molar-refractivity contribution in [3.63, 3.8) is 0 Å². The SMILES string of the molecule is CC(C)NC(=O)NCc1ccc(N2CCCC2)nc1. The quantitative estimate of drug-likeness (QED) is 0.871. The summed E-state index contributed by atoms with van der Waals surface area (Å²) in [5.74, 6) is 1.04. The molecule has 1 aromatic rings. The second-order valence-corrected chi connectivity index (χ2v) is 5.20. The molecule has 0 aromatic carbocycles. The molecule has 104 valence electrons. The predicted molar refractivity (Wildman–Crippen MR) is 76.2 cm³/mol. The molecule has 1 aliphatic rings. The zero-order valence-corrected chi connectivity index (χ0v) is 11.6. The molecule has 0 unspecified atom stereocenters. The minimum atomic E-state index is -0.140. The molecule has 0 radical (unpaired) electrons. The van der Waals surface area contributed by atoms with E-state index in [4.69, 9.17) is 0 Å². The molecule has 5 heteroatoms. The number of anilines is 1. The number of hydrogen-bond donors (Lipinski definition) is 2. The van der Waals surface area contributed by atoms with Gasteiger partial charge in [0.25, 0.3) is 0 Å². The second kappa shape index (κ2) is 6.41. The molecular formula is C14H22N4O. The van der Waals surface area contributed by atoms with Crippen molar-refractivity contribution >= 4 is 11.8 Å². The summed E-state index contributed by atoms with van der Waals surface area (Å²) in [5.41, 5.74) is 1.02. The minimum absolute atomic E-state index is 0.140. The standard InChI is InChI=1S/C14H22N4O/c1-11(2)17-14(19)16-10-12-5-6-13(15-9-12)18-7-3-4-8-18/h5-6,9,11H,3-4,7-8,10H2,1-2H3,(H2,16,17,19). The van der Waals surface area contributed by atoms with E-state index in [0.29, 0.717) is 6.54 Å². The van der Waals surface area contributed by atoms with Gasteiger partial charge in [-0.15, -0.1) is 0 Å². The molecule has 2 N–H and O–H groups in total. The van der Waals surface area contributed by atoms with E-state index in [0.717, 1.165) is 24.5 Å². The molecule has 2 amide bonds. The molecule has 0 bridgehead atoms. The van der Waals surface area contributed by atoms with E-state index >= 15 is 0 Å². The van der Waals surface area contributed by atoms with Crippen LogP contribution >= 0.6 is 0 Å². The van der Waals surface area contributed by atoms with Gasteiger partial charge in [0, 0.05) is 31.9 Å². The first-order valence-electron chi connectivity index (χ1n) is 6.89. The number of hydrogen-bond acceptors (Lipinski definition) is 3. The molecule has 0 saturated carbocycles. The first-order valence-corrected chi connectivity index (χ1v) is 6.89. The average molecular weight is 262 g/mol. The number of nitrogens with one attached hydrogen (secondary N) is 2. The van der Waals surface area contributed by atoms with Crippen LogP contribution in [-0.2, 0) is 6.54 Å². The largest absolute Gasteiger partial charge is 0.357 e. The number of urea groups is 1. The normalized spacial score (nSPS) is 14.8. The highest BCUT2D eigenvalue weighted by atomic mass is 16.2. The predicted octanol–water partition coefficient (Wildman–Crippen LogP) is 1.89. The first kappa shape index (κ1) is 13.6. The summed E-state index contributed by atoms with van der Waals surface area (Å²) in [6.45, 7) is 6.58. The lowest BCUT2D eigenvalue weighted by Gasteiger charge is -2.16. The van der Waals surface area contributed by atoms with Crippen molar-refractivity contribution in [1.29, 1.82) is 0 Å². The summed E-state index contributed by atoms with van der Waals surface area (Å²) in [4.78, 5) is 18.2. The number of nitrogens with zero attached hydrogens (tertiary/aromatic N) is 2. The van der Waals surface area contributed by atoms with E-state index in [2.05, 4.69) is 20.5 Å². The van der Waals surface area contributed by atoms with Crippen molar-refractivity contribution in [2.45, 2.75) is 39.3 Å². The van der Waals surface area contributed by atoms with E-state index in [9.17, 15) is 4.79 Å². The average Bonchev–Trinajstić information content (AvgIpc) is 2.90. The molecule has 2 heterocycles.